The van der Waals surface area contributed by atoms with Gasteiger partial charge in [0.05, 0.1) is 11.5 Å². The van der Waals surface area contributed by atoms with Gasteiger partial charge in [-0.3, -0.25) is 4.79 Å². The number of ether oxygens (including phenoxy) is 3. The lowest BCUT2D eigenvalue weighted by Crippen LogP contribution is -2.52. The van der Waals surface area contributed by atoms with Crippen molar-refractivity contribution in [2.75, 3.05) is 0 Å². The van der Waals surface area contributed by atoms with E-state index in [1.165, 1.54) is 6.07 Å². The van der Waals surface area contributed by atoms with E-state index in [0.29, 0.717) is 22.3 Å². The van der Waals surface area contributed by atoms with Crippen LogP contribution >= 0.6 is 0 Å². The molecule has 30 heavy (non-hydrogen) atoms. The van der Waals surface area contributed by atoms with Gasteiger partial charge in [0.25, 0.3) is 0 Å². The number of fused-ring (bicyclic) bond motifs is 3. The highest BCUT2D eigenvalue weighted by Crippen LogP contribution is 2.46. The van der Waals surface area contributed by atoms with Gasteiger partial charge in [-0.05, 0) is 45.9 Å². The molecule has 1 aromatic carbocycles. The van der Waals surface area contributed by atoms with E-state index in [9.17, 15) is 14.4 Å². The third kappa shape index (κ3) is 3.97. The summed E-state index contributed by atoms with van der Waals surface area (Å²) in [5.74, 6) is -1.02. The maximum atomic E-state index is 12.6. The Hall–Kier alpha value is -3.09. The summed E-state index contributed by atoms with van der Waals surface area (Å²) in [6.07, 6.45) is -0.344. The third-order valence-electron chi connectivity index (χ3n) is 5.11. The van der Waals surface area contributed by atoms with Crippen molar-refractivity contribution in [1.82, 2.24) is 0 Å². The van der Waals surface area contributed by atoms with Gasteiger partial charge in [-0.15, -0.1) is 0 Å². The van der Waals surface area contributed by atoms with E-state index in [2.05, 4.69) is 0 Å². The first kappa shape index (κ1) is 21.6. The number of hydrogen-bond donors (Lipinski definition) is 0. The normalized spacial score (nSPS) is 20.4. The van der Waals surface area contributed by atoms with E-state index in [1.54, 1.807) is 65.8 Å². The van der Waals surface area contributed by atoms with Crippen molar-refractivity contribution in [3.8, 4) is 5.75 Å². The van der Waals surface area contributed by atoms with Gasteiger partial charge in [0, 0.05) is 17.0 Å². The number of rotatable bonds is 4. The molecule has 0 amide bonds. The van der Waals surface area contributed by atoms with Gasteiger partial charge in [-0.25, -0.2) is 9.59 Å². The Balaban J connectivity index is 2.22. The molecule has 0 radical (unpaired) electrons. The smallest absolute Gasteiger partial charge is 0.336 e. The fraction of sp³-hybridized carbons (Fsp3) is 0.435. The molecule has 0 spiro atoms. The van der Waals surface area contributed by atoms with E-state index < -0.39 is 41.3 Å². The van der Waals surface area contributed by atoms with E-state index in [0.717, 1.165) is 0 Å². The molecule has 0 bridgehead atoms. The molecular formula is C23H26O7. The van der Waals surface area contributed by atoms with Crippen LogP contribution in [0.15, 0.2) is 45.1 Å². The molecule has 1 aromatic heterocycles. The molecule has 1 aliphatic heterocycles. The zero-order valence-electron chi connectivity index (χ0n) is 18.0. The molecule has 1 aliphatic rings. The van der Waals surface area contributed by atoms with Crippen LogP contribution < -0.4 is 10.4 Å². The Morgan fingerprint density at radius 2 is 1.80 bits per heavy atom. The summed E-state index contributed by atoms with van der Waals surface area (Å²) in [5, 5.41) is 0.636. The van der Waals surface area contributed by atoms with E-state index in [-0.39, 0.29) is 5.58 Å². The first-order valence-corrected chi connectivity index (χ1v) is 9.85. The lowest BCUT2D eigenvalue weighted by atomic mass is 9.87. The van der Waals surface area contributed by atoms with Gasteiger partial charge in [0.15, 0.2) is 12.2 Å². The predicted octanol–water partition coefficient (Wildman–Crippen LogP) is 4.08. The van der Waals surface area contributed by atoms with Crippen molar-refractivity contribution in [3.63, 3.8) is 0 Å². The highest BCUT2D eigenvalue weighted by molar-refractivity contribution is 5.88. The molecule has 7 heteroatoms. The first-order chi connectivity index (χ1) is 14.0. The quantitative estimate of drug-likeness (QED) is 0.423. The van der Waals surface area contributed by atoms with Crippen LogP contribution in [0.4, 0.5) is 0 Å². The van der Waals surface area contributed by atoms with Gasteiger partial charge in [-0.1, -0.05) is 19.9 Å². The summed E-state index contributed by atoms with van der Waals surface area (Å²) in [6.45, 7) is 10.3. The SMILES string of the molecule is C/C=C(/C)C(=O)O[C@@H]1[C@H](OC(=O)C(C)C)c2c(ccc3ccc(=O)oc23)OC1(C)C. The summed E-state index contributed by atoms with van der Waals surface area (Å²) in [4.78, 5) is 37.0. The molecule has 0 aliphatic carbocycles. The number of benzene rings is 1. The fourth-order valence-corrected chi connectivity index (χ4v) is 3.26. The van der Waals surface area contributed by atoms with E-state index in [1.807, 2.05) is 0 Å². The van der Waals surface area contributed by atoms with Crippen LogP contribution in [-0.4, -0.2) is 23.6 Å². The molecule has 7 nitrogen and oxygen atoms in total. The average molecular weight is 414 g/mol. The minimum atomic E-state index is -1.01. The summed E-state index contributed by atoms with van der Waals surface area (Å²) < 4.78 is 23.1. The molecule has 3 rings (SSSR count). The lowest BCUT2D eigenvalue weighted by molar-refractivity contribution is -0.189. The number of hydrogen-bond acceptors (Lipinski definition) is 7. The van der Waals surface area contributed by atoms with E-state index >= 15 is 0 Å². The monoisotopic (exact) mass is 414 g/mol. The maximum absolute atomic E-state index is 12.6. The number of carbonyl (C=O) groups excluding carboxylic acids is 2. The van der Waals surface area contributed by atoms with Gasteiger partial charge in [0.1, 0.15) is 16.9 Å². The second kappa shape index (κ2) is 7.97. The van der Waals surface area contributed by atoms with Gasteiger partial charge >= 0.3 is 17.6 Å². The molecule has 0 unspecified atom stereocenters. The van der Waals surface area contributed by atoms with Crippen LogP contribution in [0.5, 0.6) is 5.75 Å². The second-order valence-electron chi connectivity index (χ2n) is 8.17. The van der Waals surface area contributed by atoms with Crippen LogP contribution in [0, 0.1) is 5.92 Å². The van der Waals surface area contributed by atoms with Crippen molar-refractivity contribution in [3.05, 3.63) is 51.9 Å². The lowest BCUT2D eigenvalue weighted by Gasteiger charge is -2.43. The molecule has 0 N–H and O–H groups in total. The van der Waals surface area contributed by atoms with Crippen molar-refractivity contribution >= 4 is 22.9 Å². The highest BCUT2D eigenvalue weighted by atomic mass is 16.6. The van der Waals surface area contributed by atoms with Crippen molar-refractivity contribution in [2.24, 2.45) is 5.92 Å². The molecule has 2 aromatic rings. The predicted molar refractivity (Wildman–Crippen MR) is 110 cm³/mol. The Bertz CT molecular complexity index is 1070. The third-order valence-corrected chi connectivity index (χ3v) is 5.11. The van der Waals surface area contributed by atoms with Gasteiger partial charge in [-0.2, -0.15) is 0 Å². The molecule has 2 heterocycles. The Morgan fingerprint density at radius 3 is 2.43 bits per heavy atom. The highest BCUT2D eigenvalue weighted by Gasteiger charge is 2.50. The van der Waals surface area contributed by atoms with Crippen LogP contribution in [0.3, 0.4) is 0 Å². The molecular weight excluding hydrogens is 388 g/mol. The van der Waals surface area contributed by atoms with E-state index in [4.69, 9.17) is 18.6 Å². The molecule has 0 saturated heterocycles. The Kier molecular flexibility index (Phi) is 5.74. The average Bonchev–Trinajstić information content (AvgIpc) is 2.68. The van der Waals surface area contributed by atoms with Crippen molar-refractivity contribution in [2.45, 2.75) is 59.4 Å². The minimum absolute atomic E-state index is 0.237. The molecule has 2 atom stereocenters. The van der Waals surface area contributed by atoms with Gasteiger partial charge < -0.3 is 18.6 Å². The number of carbonyl (C=O) groups is 2. The van der Waals surface area contributed by atoms with Crippen LogP contribution in [0.25, 0.3) is 11.0 Å². The second-order valence-corrected chi connectivity index (χ2v) is 8.17. The Morgan fingerprint density at radius 1 is 1.13 bits per heavy atom. The standard InChI is InChI=1S/C23H26O7/c1-7-13(4)22(26)29-20-19(28-21(25)12(2)3)17-15(30-23(20,5)6)10-8-14-9-11-16(24)27-18(14)17/h7-12,19-20H,1-6H3/b13-7-/t19-,20-/m1/s1. The molecule has 0 fully saturated rings. The minimum Gasteiger partial charge on any atom is -0.483 e. The number of allylic oxidation sites excluding steroid dienone is 1. The summed E-state index contributed by atoms with van der Waals surface area (Å²) >= 11 is 0. The van der Waals surface area contributed by atoms with Crippen molar-refractivity contribution in [1.29, 1.82) is 0 Å². The van der Waals surface area contributed by atoms with Crippen molar-refractivity contribution < 1.29 is 28.2 Å². The van der Waals surface area contributed by atoms with Crippen LogP contribution in [0.1, 0.15) is 53.2 Å². The van der Waals surface area contributed by atoms with Crippen LogP contribution in [0.2, 0.25) is 0 Å². The van der Waals surface area contributed by atoms with Gasteiger partial charge in [0.2, 0.25) is 0 Å². The zero-order chi connectivity index (χ0) is 22.2. The summed E-state index contributed by atoms with van der Waals surface area (Å²) in [6, 6.07) is 6.41. The topological polar surface area (TPSA) is 92.0 Å². The first-order valence-electron chi connectivity index (χ1n) is 9.85. The van der Waals surface area contributed by atoms with Crippen LogP contribution in [-0.2, 0) is 19.1 Å². The zero-order valence-corrected chi connectivity index (χ0v) is 18.0. The Labute approximate surface area is 174 Å². The maximum Gasteiger partial charge on any atom is 0.336 e. The molecule has 160 valence electrons. The summed E-state index contributed by atoms with van der Waals surface area (Å²) in [7, 11) is 0. The summed E-state index contributed by atoms with van der Waals surface area (Å²) in [5.41, 5.74) is -0.542. The molecule has 0 saturated carbocycles. The largest absolute Gasteiger partial charge is 0.483 e. The number of esters is 2. The fourth-order valence-electron chi connectivity index (χ4n) is 3.26.